The number of ether oxygens (including phenoxy) is 1. The molecule has 0 aliphatic carbocycles. The van der Waals surface area contributed by atoms with Crippen molar-refractivity contribution in [3.8, 4) is 5.75 Å². The van der Waals surface area contributed by atoms with Crippen LogP contribution in [0.5, 0.6) is 5.75 Å². The summed E-state index contributed by atoms with van der Waals surface area (Å²) in [5.74, 6) is -0.577. The first-order valence-electron chi connectivity index (χ1n) is 8.61. The van der Waals surface area contributed by atoms with Crippen molar-refractivity contribution in [3.05, 3.63) is 52.3 Å². The highest BCUT2D eigenvalue weighted by molar-refractivity contribution is 5.83. The summed E-state index contributed by atoms with van der Waals surface area (Å²) in [4.78, 5) is 33.2. The molecule has 2 rings (SSSR count). The number of hydrogen-bond donors (Lipinski definition) is 2. The Balaban J connectivity index is 1.87. The number of nitrogens with zero attached hydrogens (tertiary/aromatic N) is 3. The zero-order valence-corrected chi connectivity index (χ0v) is 15.6. The van der Waals surface area contributed by atoms with Gasteiger partial charge in [0.25, 0.3) is 0 Å². The maximum atomic E-state index is 12.5. The minimum atomic E-state index is -1.10. The summed E-state index contributed by atoms with van der Waals surface area (Å²) in [6.45, 7) is 3.82. The number of carbonyl (C=O) groups excluding carboxylic acids is 1. The zero-order valence-electron chi connectivity index (χ0n) is 15.6. The maximum absolute atomic E-state index is 12.5. The van der Waals surface area contributed by atoms with E-state index in [1.165, 1.54) is 10.9 Å². The Kier molecular flexibility index (Phi) is 6.69. The average Bonchev–Trinajstić information content (AvgIpc) is 3.15. The molecular formula is C18H22N4O6. The van der Waals surface area contributed by atoms with Crippen molar-refractivity contribution in [1.29, 1.82) is 0 Å². The summed E-state index contributed by atoms with van der Waals surface area (Å²) in [6.07, 6.45) is 2.80. The van der Waals surface area contributed by atoms with Crippen molar-refractivity contribution < 1.29 is 24.4 Å². The van der Waals surface area contributed by atoms with Gasteiger partial charge < -0.3 is 15.2 Å². The van der Waals surface area contributed by atoms with Crippen LogP contribution in [0, 0.1) is 10.1 Å². The van der Waals surface area contributed by atoms with E-state index >= 15 is 0 Å². The Morgan fingerprint density at radius 3 is 2.57 bits per heavy atom. The zero-order chi connectivity index (χ0) is 20.7. The predicted molar refractivity (Wildman–Crippen MR) is 98.9 cm³/mol. The van der Waals surface area contributed by atoms with E-state index in [-0.39, 0.29) is 24.6 Å². The average molecular weight is 390 g/mol. The maximum Gasteiger partial charge on any atom is 0.307 e. The van der Waals surface area contributed by atoms with Gasteiger partial charge in [0.15, 0.2) is 0 Å². The molecule has 2 N–H and O–H groups in total. The molecule has 0 aliphatic heterocycles. The molecule has 0 atom stereocenters. The molecule has 10 heteroatoms. The largest absolute Gasteiger partial charge is 0.494 e. The highest BCUT2D eigenvalue weighted by Gasteiger charge is 2.31. The molecule has 0 radical (unpaired) electrons. The van der Waals surface area contributed by atoms with Crippen LogP contribution in [0.4, 0.5) is 5.69 Å². The summed E-state index contributed by atoms with van der Waals surface area (Å²) in [5, 5.41) is 26.0. The first-order valence-corrected chi connectivity index (χ1v) is 8.61. The van der Waals surface area contributed by atoms with E-state index in [0.717, 1.165) is 11.8 Å². The fourth-order valence-corrected chi connectivity index (χ4v) is 2.33. The summed E-state index contributed by atoms with van der Waals surface area (Å²) >= 11 is 0. The van der Waals surface area contributed by atoms with Gasteiger partial charge in [-0.05, 0) is 38.0 Å². The van der Waals surface area contributed by atoms with E-state index in [4.69, 9.17) is 9.84 Å². The van der Waals surface area contributed by atoms with Crippen LogP contribution < -0.4 is 10.1 Å². The molecule has 0 saturated carbocycles. The van der Waals surface area contributed by atoms with Crippen LogP contribution in [0.25, 0.3) is 0 Å². The van der Waals surface area contributed by atoms with Crippen LogP contribution in [-0.4, -0.2) is 38.3 Å². The van der Waals surface area contributed by atoms with Crippen LogP contribution in [0.2, 0.25) is 0 Å². The van der Waals surface area contributed by atoms with Gasteiger partial charge in [-0.15, -0.1) is 0 Å². The first kappa shape index (κ1) is 20.9. The summed E-state index contributed by atoms with van der Waals surface area (Å²) in [6, 6.07) is 7.06. The molecule has 0 fully saturated rings. The Hall–Kier alpha value is -3.43. The quantitative estimate of drug-likeness (QED) is 0.360. The number of amides is 1. The second kappa shape index (κ2) is 8.98. The normalized spacial score (nSPS) is 11.1. The molecular weight excluding hydrogens is 368 g/mol. The van der Waals surface area contributed by atoms with Crippen molar-refractivity contribution >= 4 is 17.6 Å². The van der Waals surface area contributed by atoms with Gasteiger partial charge in [-0.2, -0.15) is 5.10 Å². The van der Waals surface area contributed by atoms with E-state index in [0.29, 0.717) is 18.8 Å². The van der Waals surface area contributed by atoms with Crippen molar-refractivity contribution in [2.45, 2.75) is 38.8 Å². The minimum absolute atomic E-state index is 0.0549. The molecule has 1 aromatic heterocycles. The van der Waals surface area contributed by atoms with Gasteiger partial charge in [-0.1, -0.05) is 12.1 Å². The van der Waals surface area contributed by atoms with Gasteiger partial charge in [-0.25, -0.2) is 0 Å². The molecule has 0 spiro atoms. The molecule has 0 bridgehead atoms. The second-order valence-corrected chi connectivity index (χ2v) is 6.63. The highest BCUT2D eigenvalue weighted by Crippen LogP contribution is 2.19. The van der Waals surface area contributed by atoms with Crippen LogP contribution in [0.1, 0.15) is 32.3 Å². The summed E-state index contributed by atoms with van der Waals surface area (Å²) in [5.41, 5.74) is -0.435. The molecule has 2 aromatic rings. The van der Waals surface area contributed by atoms with Crippen LogP contribution in [0.15, 0.2) is 36.7 Å². The van der Waals surface area contributed by atoms with Crippen molar-refractivity contribution in [2.75, 3.05) is 6.61 Å². The van der Waals surface area contributed by atoms with Gasteiger partial charge in [0, 0.05) is 13.0 Å². The Morgan fingerprint density at radius 1 is 1.32 bits per heavy atom. The Morgan fingerprint density at radius 2 is 2.00 bits per heavy atom. The SMILES string of the molecule is CC(C)(C(=O)NCc1ccc(OCCCC(=O)O)cc1)n1cc([N+](=O)[O-])cn1. The lowest BCUT2D eigenvalue weighted by molar-refractivity contribution is -0.385. The topological polar surface area (TPSA) is 137 Å². The number of carboxylic acid groups (broad SMARTS) is 1. The molecule has 0 unspecified atom stereocenters. The van der Waals surface area contributed by atoms with E-state index in [9.17, 15) is 19.7 Å². The molecule has 1 aromatic carbocycles. The monoisotopic (exact) mass is 390 g/mol. The van der Waals surface area contributed by atoms with Gasteiger partial charge in [0.05, 0.1) is 11.5 Å². The number of nitro groups is 1. The van der Waals surface area contributed by atoms with Crippen LogP contribution in [-0.2, 0) is 21.7 Å². The molecule has 1 amide bonds. The third-order valence-electron chi connectivity index (χ3n) is 4.09. The van der Waals surface area contributed by atoms with Gasteiger partial charge >= 0.3 is 11.7 Å². The summed E-state index contributed by atoms with van der Waals surface area (Å²) in [7, 11) is 0. The number of carboxylic acids is 1. The molecule has 150 valence electrons. The van der Waals surface area contributed by atoms with Gasteiger partial charge in [0.1, 0.15) is 23.7 Å². The lowest BCUT2D eigenvalue weighted by Gasteiger charge is -2.23. The van der Waals surface area contributed by atoms with E-state index in [2.05, 4.69) is 10.4 Å². The van der Waals surface area contributed by atoms with Crippen LogP contribution >= 0.6 is 0 Å². The van der Waals surface area contributed by atoms with E-state index in [1.807, 2.05) is 0 Å². The van der Waals surface area contributed by atoms with Gasteiger partial charge in [-0.3, -0.25) is 24.4 Å². The third-order valence-corrected chi connectivity index (χ3v) is 4.09. The predicted octanol–water partition coefficient (Wildman–Crippen LogP) is 2.09. The van der Waals surface area contributed by atoms with Crippen molar-refractivity contribution in [1.82, 2.24) is 15.1 Å². The molecule has 1 heterocycles. The summed E-state index contributed by atoms with van der Waals surface area (Å²) < 4.78 is 6.71. The number of rotatable bonds is 10. The Bertz CT molecular complexity index is 844. The number of benzene rings is 1. The van der Waals surface area contributed by atoms with Crippen molar-refractivity contribution in [2.24, 2.45) is 0 Å². The first-order chi connectivity index (χ1) is 13.2. The lowest BCUT2D eigenvalue weighted by atomic mass is 10.0. The number of carbonyl (C=O) groups is 2. The minimum Gasteiger partial charge on any atom is -0.494 e. The fourth-order valence-electron chi connectivity index (χ4n) is 2.33. The third kappa shape index (κ3) is 5.53. The number of aromatic nitrogens is 2. The molecule has 28 heavy (non-hydrogen) atoms. The molecule has 10 nitrogen and oxygen atoms in total. The Labute approximate surface area is 161 Å². The van der Waals surface area contributed by atoms with E-state index in [1.54, 1.807) is 38.1 Å². The number of hydrogen-bond acceptors (Lipinski definition) is 6. The van der Waals surface area contributed by atoms with Crippen molar-refractivity contribution in [3.63, 3.8) is 0 Å². The smallest absolute Gasteiger partial charge is 0.307 e. The molecule has 0 saturated heterocycles. The van der Waals surface area contributed by atoms with Gasteiger partial charge in [0.2, 0.25) is 5.91 Å². The lowest BCUT2D eigenvalue weighted by Crippen LogP contribution is -2.44. The molecule has 0 aliphatic rings. The van der Waals surface area contributed by atoms with Crippen LogP contribution in [0.3, 0.4) is 0 Å². The highest BCUT2D eigenvalue weighted by atomic mass is 16.6. The number of aliphatic carboxylic acids is 1. The fraction of sp³-hybridized carbons (Fsp3) is 0.389. The number of nitrogens with one attached hydrogen (secondary N) is 1. The van der Waals surface area contributed by atoms with E-state index < -0.39 is 16.4 Å². The second-order valence-electron chi connectivity index (χ2n) is 6.63. The standard InChI is InChI=1S/C18H22N4O6/c1-18(2,21-12-14(11-20-21)22(26)27)17(25)19-10-13-5-7-15(8-6-13)28-9-3-4-16(23)24/h5-8,11-12H,3-4,9-10H2,1-2H3,(H,19,25)(H,23,24).